The Morgan fingerprint density at radius 2 is 2.06 bits per heavy atom. The molecule has 1 aromatic rings. The van der Waals surface area contributed by atoms with Gasteiger partial charge in [0, 0.05) is 17.5 Å². The minimum atomic E-state index is -0.482. The van der Waals surface area contributed by atoms with Crippen LogP contribution >= 0.6 is 0 Å². The number of imidazole rings is 1. The van der Waals surface area contributed by atoms with Gasteiger partial charge in [-0.1, -0.05) is 19.1 Å². The molecule has 1 aliphatic heterocycles. The second kappa shape index (κ2) is 7.22. The number of carbonyl (C=O) groups is 1. The van der Waals surface area contributed by atoms with E-state index >= 15 is 0 Å². The number of alkyl carbamates (subject to hydrolysis) is 1. The van der Waals surface area contributed by atoms with E-state index in [1.54, 1.807) is 0 Å². The van der Waals surface area contributed by atoms with Crippen LogP contribution in [0.15, 0.2) is 30.2 Å². The third-order valence-electron chi connectivity index (χ3n) is 7.96. The van der Waals surface area contributed by atoms with Crippen molar-refractivity contribution in [2.45, 2.75) is 90.0 Å². The molecule has 1 spiro atoms. The van der Waals surface area contributed by atoms with E-state index in [0.29, 0.717) is 5.92 Å². The van der Waals surface area contributed by atoms with Gasteiger partial charge >= 0.3 is 6.09 Å². The van der Waals surface area contributed by atoms with Crippen molar-refractivity contribution < 1.29 is 14.6 Å². The highest BCUT2D eigenvalue weighted by Crippen LogP contribution is 2.61. The lowest BCUT2D eigenvalue weighted by Gasteiger charge is -2.58. The number of nitrogens with one attached hydrogen (secondary N) is 1. The lowest BCUT2D eigenvalue weighted by atomic mass is 9.50. The normalized spacial score (nSPS) is 36.7. The third-order valence-corrected chi connectivity index (χ3v) is 7.96. The van der Waals surface area contributed by atoms with Gasteiger partial charge < -0.3 is 19.7 Å². The van der Waals surface area contributed by atoms with E-state index in [0.717, 1.165) is 38.5 Å². The Hall–Kier alpha value is -2.08. The number of nitrogens with zero attached hydrogens (tertiary/aromatic N) is 2. The summed E-state index contributed by atoms with van der Waals surface area (Å²) in [5, 5.41) is 14.4. The standard InChI is InChI=1S/C25H35N3O3/c1-15-6-5-7-17-19-13-26-14-28(19)21(20(15)17)18-12-25(22(18)29)10-8-16(9-11-25)27-23(30)31-24(2,3)4/h5,7,13-16,18,21-22,29H,6,8-12H2,1-4H3,(H,27,30)/t15?,16-,18-,21+,22+,25-/m1/s1. The number of hydrogen-bond donors (Lipinski definition) is 2. The van der Waals surface area contributed by atoms with Gasteiger partial charge in [-0.05, 0) is 76.2 Å². The maximum atomic E-state index is 12.1. The van der Waals surface area contributed by atoms with Crippen molar-refractivity contribution in [3.8, 4) is 0 Å². The number of hydrogen-bond acceptors (Lipinski definition) is 4. The van der Waals surface area contributed by atoms with Crippen LogP contribution in [0.25, 0.3) is 5.57 Å². The van der Waals surface area contributed by atoms with E-state index in [1.165, 1.54) is 16.8 Å². The lowest BCUT2D eigenvalue weighted by Crippen LogP contribution is -2.58. The molecule has 0 radical (unpaired) electrons. The summed E-state index contributed by atoms with van der Waals surface area (Å²) < 4.78 is 7.70. The summed E-state index contributed by atoms with van der Waals surface area (Å²) in [7, 11) is 0. The lowest BCUT2D eigenvalue weighted by molar-refractivity contribution is -0.153. The predicted octanol–water partition coefficient (Wildman–Crippen LogP) is 4.62. The summed E-state index contributed by atoms with van der Waals surface area (Å²) in [5.41, 5.74) is 3.51. The van der Waals surface area contributed by atoms with Gasteiger partial charge in [0.15, 0.2) is 0 Å². The first kappa shape index (κ1) is 20.8. The van der Waals surface area contributed by atoms with Gasteiger partial charge in [-0.3, -0.25) is 0 Å². The Labute approximate surface area is 184 Å². The van der Waals surface area contributed by atoms with Crippen LogP contribution in [-0.2, 0) is 4.74 Å². The fourth-order valence-corrected chi connectivity index (χ4v) is 6.48. The van der Waals surface area contributed by atoms with Crippen LogP contribution in [0.2, 0.25) is 0 Å². The molecule has 2 saturated carbocycles. The number of carbonyl (C=O) groups excluding carboxylic acids is 1. The summed E-state index contributed by atoms with van der Waals surface area (Å²) in [6.07, 6.45) is 13.6. The average molecular weight is 426 g/mol. The molecule has 2 N–H and O–H groups in total. The third kappa shape index (κ3) is 3.43. The number of ether oxygens (including phenoxy) is 1. The molecule has 31 heavy (non-hydrogen) atoms. The van der Waals surface area contributed by atoms with Crippen molar-refractivity contribution in [2.24, 2.45) is 17.3 Å². The number of fused-ring (bicyclic) bond motifs is 2. The number of allylic oxidation sites excluding steroid dienone is 4. The minimum absolute atomic E-state index is 0.00538. The molecule has 6 nitrogen and oxygen atoms in total. The first-order valence-electron chi connectivity index (χ1n) is 11.8. The maximum absolute atomic E-state index is 12.1. The van der Waals surface area contributed by atoms with Crippen molar-refractivity contribution in [2.75, 3.05) is 0 Å². The Bertz CT molecular complexity index is 930. The van der Waals surface area contributed by atoms with Gasteiger partial charge in [0.1, 0.15) is 5.60 Å². The zero-order valence-corrected chi connectivity index (χ0v) is 19.1. The number of amides is 1. The number of rotatable bonds is 2. The van der Waals surface area contributed by atoms with Gasteiger partial charge in [-0.25, -0.2) is 9.78 Å². The molecule has 1 aromatic heterocycles. The zero-order chi connectivity index (χ0) is 22.0. The molecular formula is C25H35N3O3. The Morgan fingerprint density at radius 3 is 2.74 bits per heavy atom. The summed E-state index contributed by atoms with van der Waals surface area (Å²) >= 11 is 0. The SMILES string of the molecule is CC1CC=CC2=C1[C@H]([C@H]1C[C@]3(CC[C@@H](NC(=O)OC(C)(C)C)CC3)[C@H]1O)n1cncc12. The van der Waals surface area contributed by atoms with E-state index in [2.05, 4.69) is 33.9 Å². The predicted molar refractivity (Wildman–Crippen MR) is 119 cm³/mol. The van der Waals surface area contributed by atoms with Gasteiger partial charge in [-0.2, -0.15) is 0 Å². The Balaban J connectivity index is 1.25. The van der Waals surface area contributed by atoms with Crippen LogP contribution < -0.4 is 5.32 Å². The summed E-state index contributed by atoms with van der Waals surface area (Å²) in [6, 6.07) is 0.363. The highest BCUT2D eigenvalue weighted by Gasteiger charge is 2.58. The van der Waals surface area contributed by atoms with Gasteiger partial charge in [0.2, 0.25) is 0 Å². The van der Waals surface area contributed by atoms with E-state index in [1.807, 2.05) is 33.3 Å². The minimum Gasteiger partial charge on any atom is -0.444 e. The molecule has 2 heterocycles. The quantitative estimate of drug-likeness (QED) is 0.725. The maximum Gasteiger partial charge on any atom is 0.407 e. The van der Waals surface area contributed by atoms with Gasteiger partial charge in [-0.15, -0.1) is 0 Å². The van der Waals surface area contributed by atoms with E-state index in [9.17, 15) is 9.90 Å². The number of aliphatic hydroxyl groups excluding tert-OH is 1. The summed E-state index contributed by atoms with van der Waals surface area (Å²) in [4.78, 5) is 16.5. The average Bonchev–Trinajstić information content (AvgIpc) is 3.28. The smallest absolute Gasteiger partial charge is 0.407 e. The van der Waals surface area contributed by atoms with Gasteiger partial charge in [0.05, 0.1) is 30.4 Å². The van der Waals surface area contributed by atoms with Gasteiger partial charge in [0.25, 0.3) is 0 Å². The molecule has 0 aromatic carbocycles. The number of aliphatic hydroxyl groups is 1. The molecule has 4 aliphatic rings. The molecular weight excluding hydrogens is 390 g/mol. The van der Waals surface area contributed by atoms with E-state index in [-0.39, 0.29) is 35.6 Å². The largest absolute Gasteiger partial charge is 0.444 e. The molecule has 1 unspecified atom stereocenters. The molecule has 168 valence electrons. The van der Waals surface area contributed by atoms with Crippen molar-refractivity contribution in [3.63, 3.8) is 0 Å². The molecule has 0 saturated heterocycles. The van der Waals surface area contributed by atoms with E-state index in [4.69, 9.17) is 4.74 Å². The van der Waals surface area contributed by atoms with Crippen LogP contribution in [0.1, 0.15) is 78.0 Å². The van der Waals surface area contributed by atoms with Crippen molar-refractivity contribution in [3.05, 3.63) is 35.9 Å². The van der Waals surface area contributed by atoms with Crippen LogP contribution in [0, 0.1) is 17.3 Å². The highest BCUT2D eigenvalue weighted by atomic mass is 16.6. The van der Waals surface area contributed by atoms with Crippen LogP contribution in [-0.4, -0.2) is 38.5 Å². The fraction of sp³-hybridized carbons (Fsp3) is 0.680. The van der Waals surface area contributed by atoms with Crippen LogP contribution in [0.4, 0.5) is 4.79 Å². The summed E-state index contributed by atoms with van der Waals surface area (Å²) in [6.45, 7) is 7.95. The molecule has 2 fully saturated rings. The monoisotopic (exact) mass is 425 g/mol. The first-order valence-corrected chi connectivity index (χ1v) is 11.8. The topological polar surface area (TPSA) is 76.4 Å². The number of aromatic nitrogens is 2. The fourth-order valence-electron chi connectivity index (χ4n) is 6.48. The molecule has 6 heteroatoms. The second-order valence-electron chi connectivity index (χ2n) is 11.1. The van der Waals surface area contributed by atoms with Crippen LogP contribution in [0.3, 0.4) is 0 Å². The van der Waals surface area contributed by atoms with Crippen molar-refractivity contribution in [1.82, 2.24) is 14.9 Å². The Kier molecular flexibility index (Phi) is 4.85. The molecule has 3 aliphatic carbocycles. The summed E-state index contributed by atoms with van der Waals surface area (Å²) in [5.74, 6) is 0.743. The molecule has 1 amide bonds. The molecule has 5 rings (SSSR count). The van der Waals surface area contributed by atoms with Crippen molar-refractivity contribution >= 4 is 11.7 Å². The molecule has 0 bridgehead atoms. The second-order valence-corrected chi connectivity index (χ2v) is 11.1. The van der Waals surface area contributed by atoms with E-state index < -0.39 is 5.60 Å². The highest BCUT2D eigenvalue weighted by molar-refractivity contribution is 5.79. The van der Waals surface area contributed by atoms with Crippen LogP contribution in [0.5, 0.6) is 0 Å². The zero-order valence-electron chi connectivity index (χ0n) is 19.1. The van der Waals surface area contributed by atoms with Crippen molar-refractivity contribution in [1.29, 1.82) is 0 Å². The molecule has 4 atom stereocenters. The Morgan fingerprint density at radius 1 is 1.32 bits per heavy atom. The first-order chi connectivity index (χ1) is 14.7.